The van der Waals surface area contributed by atoms with Crippen LogP contribution in [-0.4, -0.2) is 18.4 Å². The second-order valence-corrected chi connectivity index (χ2v) is 6.74. The van der Waals surface area contributed by atoms with E-state index in [0.717, 1.165) is 29.0 Å². The maximum Gasteiger partial charge on any atom is 0.416 e. The zero-order valence-corrected chi connectivity index (χ0v) is 15.0. The molecule has 0 saturated heterocycles. The Bertz CT molecular complexity index is 807. The molecular formula is C18H15Cl2F3N2O. The molecule has 0 bridgehead atoms. The summed E-state index contributed by atoms with van der Waals surface area (Å²) in [7, 11) is 0. The van der Waals surface area contributed by atoms with E-state index in [2.05, 4.69) is 10.5 Å². The van der Waals surface area contributed by atoms with Gasteiger partial charge in [0.05, 0.1) is 21.3 Å². The maximum atomic E-state index is 12.5. The van der Waals surface area contributed by atoms with E-state index in [0.29, 0.717) is 29.6 Å². The summed E-state index contributed by atoms with van der Waals surface area (Å²) in [6.45, 7) is 0.968. The van der Waals surface area contributed by atoms with Gasteiger partial charge in [-0.1, -0.05) is 46.6 Å². The molecule has 0 fully saturated rings. The number of nitrogens with one attached hydrogen (secondary N) is 1. The van der Waals surface area contributed by atoms with Gasteiger partial charge in [-0.2, -0.15) is 13.2 Å². The maximum absolute atomic E-state index is 12.5. The molecule has 8 heteroatoms. The highest BCUT2D eigenvalue weighted by Crippen LogP contribution is 2.29. The zero-order valence-electron chi connectivity index (χ0n) is 13.5. The van der Waals surface area contributed by atoms with E-state index in [1.54, 1.807) is 12.1 Å². The van der Waals surface area contributed by atoms with Gasteiger partial charge in [-0.05, 0) is 29.8 Å². The first kappa shape index (κ1) is 19.0. The van der Waals surface area contributed by atoms with E-state index in [1.165, 1.54) is 12.1 Å². The Kier molecular flexibility index (Phi) is 5.75. The van der Waals surface area contributed by atoms with Gasteiger partial charge in [0.1, 0.15) is 6.10 Å². The largest absolute Gasteiger partial charge is 0.416 e. The van der Waals surface area contributed by atoms with E-state index in [9.17, 15) is 13.2 Å². The van der Waals surface area contributed by atoms with Crippen LogP contribution < -0.4 is 5.32 Å². The van der Waals surface area contributed by atoms with Crippen molar-refractivity contribution >= 4 is 28.9 Å². The zero-order chi connectivity index (χ0) is 18.7. The number of alkyl halides is 3. The number of halogens is 5. The molecule has 0 aliphatic carbocycles. The van der Waals surface area contributed by atoms with E-state index in [1.807, 2.05) is 6.07 Å². The van der Waals surface area contributed by atoms with Crippen molar-refractivity contribution in [2.45, 2.75) is 25.2 Å². The van der Waals surface area contributed by atoms with Gasteiger partial charge in [0.15, 0.2) is 0 Å². The molecule has 0 aromatic heterocycles. The second kappa shape index (κ2) is 7.86. The number of hydrogen-bond acceptors (Lipinski definition) is 3. The number of benzene rings is 2. The lowest BCUT2D eigenvalue weighted by atomic mass is 10.0. The van der Waals surface area contributed by atoms with Crippen LogP contribution in [0.25, 0.3) is 0 Å². The second-order valence-electron chi connectivity index (χ2n) is 5.92. The van der Waals surface area contributed by atoms with Crippen LogP contribution in [0.4, 0.5) is 13.2 Å². The molecular weight excluding hydrogens is 388 g/mol. The SMILES string of the molecule is FC(F)(F)c1ccc(CNC[C@@H]2CC(c3ccc(Cl)c(Cl)c3)=NO2)cc1. The van der Waals surface area contributed by atoms with Gasteiger partial charge in [0, 0.05) is 25.1 Å². The van der Waals surface area contributed by atoms with Crippen molar-refractivity contribution in [1.82, 2.24) is 5.32 Å². The smallest absolute Gasteiger partial charge is 0.390 e. The van der Waals surface area contributed by atoms with E-state index in [4.69, 9.17) is 28.0 Å². The highest BCUT2D eigenvalue weighted by molar-refractivity contribution is 6.42. The van der Waals surface area contributed by atoms with E-state index in [-0.39, 0.29) is 6.10 Å². The molecule has 0 saturated carbocycles. The molecule has 1 aliphatic heterocycles. The molecule has 2 aromatic rings. The van der Waals surface area contributed by atoms with Gasteiger partial charge in [0.25, 0.3) is 0 Å². The van der Waals surface area contributed by atoms with Gasteiger partial charge in [-0.3, -0.25) is 0 Å². The average molecular weight is 403 g/mol. The number of rotatable bonds is 5. The highest BCUT2D eigenvalue weighted by Gasteiger charge is 2.30. The molecule has 0 radical (unpaired) electrons. The van der Waals surface area contributed by atoms with Crippen LogP contribution in [-0.2, 0) is 17.6 Å². The lowest BCUT2D eigenvalue weighted by molar-refractivity contribution is -0.137. The van der Waals surface area contributed by atoms with Crippen LogP contribution >= 0.6 is 23.2 Å². The lowest BCUT2D eigenvalue weighted by Crippen LogP contribution is -2.26. The summed E-state index contributed by atoms with van der Waals surface area (Å²) in [5.41, 5.74) is 1.75. The quantitative estimate of drug-likeness (QED) is 0.736. The third-order valence-corrected chi connectivity index (χ3v) is 4.71. The standard InChI is InChI=1S/C18H15Cl2F3N2O/c19-15-6-3-12(7-16(15)20)17-8-14(26-25-17)10-24-9-11-1-4-13(5-2-11)18(21,22)23/h1-7,14,24H,8-10H2/t14-/m0/s1. The molecule has 1 heterocycles. The van der Waals surface area contributed by atoms with Crippen LogP contribution in [0, 0.1) is 0 Å². The number of nitrogens with zero attached hydrogens (tertiary/aromatic N) is 1. The molecule has 0 unspecified atom stereocenters. The van der Waals surface area contributed by atoms with Crippen molar-refractivity contribution in [2.75, 3.05) is 6.54 Å². The number of hydrogen-bond donors (Lipinski definition) is 1. The fourth-order valence-electron chi connectivity index (χ4n) is 2.57. The Hall–Kier alpha value is -1.76. The van der Waals surface area contributed by atoms with E-state index >= 15 is 0 Å². The Morgan fingerprint density at radius 3 is 2.46 bits per heavy atom. The highest BCUT2D eigenvalue weighted by atomic mass is 35.5. The predicted octanol–water partition coefficient (Wildman–Crippen LogP) is 5.30. The van der Waals surface area contributed by atoms with Crippen molar-refractivity contribution in [3.63, 3.8) is 0 Å². The summed E-state index contributed by atoms with van der Waals surface area (Å²) in [4.78, 5) is 5.39. The monoisotopic (exact) mass is 402 g/mol. The van der Waals surface area contributed by atoms with Crippen molar-refractivity contribution in [1.29, 1.82) is 0 Å². The summed E-state index contributed by atoms with van der Waals surface area (Å²) in [5, 5.41) is 8.17. The minimum atomic E-state index is -4.32. The molecule has 1 atom stereocenters. The molecule has 1 N–H and O–H groups in total. The summed E-state index contributed by atoms with van der Waals surface area (Å²) in [6, 6.07) is 10.4. The minimum absolute atomic E-state index is 0.145. The summed E-state index contributed by atoms with van der Waals surface area (Å²) < 4.78 is 37.6. The number of oxime groups is 1. The normalized spacial score (nSPS) is 17.1. The van der Waals surface area contributed by atoms with Crippen molar-refractivity contribution < 1.29 is 18.0 Å². The summed E-state index contributed by atoms with van der Waals surface area (Å²) >= 11 is 11.9. The Morgan fingerprint density at radius 1 is 1.08 bits per heavy atom. The first-order valence-corrected chi connectivity index (χ1v) is 8.63. The van der Waals surface area contributed by atoms with Crippen LogP contribution in [0.2, 0.25) is 10.0 Å². The first-order chi connectivity index (χ1) is 12.3. The Labute approximate surface area is 158 Å². The molecule has 2 aromatic carbocycles. The van der Waals surface area contributed by atoms with Crippen LogP contribution in [0.5, 0.6) is 0 Å². The first-order valence-electron chi connectivity index (χ1n) is 7.88. The molecule has 26 heavy (non-hydrogen) atoms. The van der Waals surface area contributed by atoms with Crippen molar-refractivity contribution in [3.8, 4) is 0 Å². The van der Waals surface area contributed by atoms with Crippen LogP contribution in [0.1, 0.15) is 23.1 Å². The molecule has 0 amide bonds. The van der Waals surface area contributed by atoms with Gasteiger partial charge in [-0.15, -0.1) is 0 Å². The topological polar surface area (TPSA) is 33.6 Å². The Balaban J connectivity index is 1.47. The van der Waals surface area contributed by atoms with Crippen molar-refractivity contribution in [2.24, 2.45) is 5.16 Å². The molecule has 0 spiro atoms. The minimum Gasteiger partial charge on any atom is -0.390 e. The van der Waals surface area contributed by atoms with Crippen LogP contribution in [0.3, 0.4) is 0 Å². The Morgan fingerprint density at radius 2 is 1.81 bits per heavy atom. The lowest BCUT2D eigenvalue weighted by Gasteiger charge is -2.11. The fourth-order valence-corrected chi connectivity index (χ4v) is 2.87. The molecule has 3 rings (SSSR count). The third kappa shape index (κ3) is 4.69. The van der Waals surface area contributed by atoms with Gasteiger partial charge in [0.2, 0.25) is 0 Å². The van der Waals surface area contributed by atoms with Gasteiger partial charge in [-0.25, -0.2) is 0 Å². The average Bonchev–Trinajstić information content (AvgIpc) is 3.06. The van der Waals surface area contributed by atoms with Crippen LogP contribution in [0.15, 0.2) is 47.6 Å². The van der Waals surface area contributed by atoms with Gasteiger partial charge < -0.3 is 10.2 Å². The van der Waals surface area contributed by atoms with E-state index < -0.39 is 11.7 Å². The molecule has 3 nitrogen and oxygen atoms in total. The molecule has 1 aliphatic rings. The third-order valence-electron chi connectivity index (χ3n) is 3.97. The summed E-state index contributed by atoms with van der Waals surface area (Å²) in [5.74, 6) is 0. The molecule has 138 valence electrons. The van der Waals surface area contributed by atoms with Gasteiger partial charge >= 0.3 is 6.18 Å². The fraction of sp³-hybridized carbons (Fsp3) is 0.278. The summed E-state index contributed by atoms with van der Waals surface area (Å²) in [6.07, 6.45) is -3.85. The predicted molar refractivity (Wildman–Crippen MR) is 95.6 cm³/mol. The van der Waals surface area contributed by atoms with Crippen molar-refractivity contribution in [3.05, 3.63) is 69.2 Å².